The Labute approximate surface area is 114 Å². The van der Waals surface area contributed by atoms with Crippen LogP contribution < -0.4 is 5.32 Å². The molecule has 1 saturated heterocycles. The normalized spacial score (nSPS) is 19.5. The molecule has 5 nitrogen and oxygen atoms in total. The molecule has 1 aromatic rings. The number of thioether (sulfide) groups is 2. The number of carboxylic acid groups (broad SMARTS) is 1. The van der Waals surface area contributed by atoms with E-state index in [1.54, 1.807) is 6.92 Å². The fraction of sp³-hybridized carbons (Fsp3) is 0.545. The highest BCUT2D eigenvalue weighted by atomic mass is 32.2. The van der Waals surface area contributed by atoms with Gasteiger partial charge in [0.25, 0.3) is 0 Å². The highest BCUT2D eigenvalue weighted by Crippen LogP contribution is 2.23. The summed E-state index contributed by atoms with van der Waals surface area (Å²) in [6, 6.07) is 1.47. The van der Waals surface area contributed by atoms with Gasteiger partial charge in [-0.15, -0.1) is 0 Å². The van der Waals surface area contributed by atoms with Gasteiger partial charge in [-0.1, -0.05) is 0 Å². The number of aromatic carboxylic acids is 1. The molecule has 1 fully saturated rings. The Morgan fingerprint density at radius 1 is 1.56 bits per heavy atom. The molecular weight excluding hydrogens is 270 g/mol. The lowest BCUT2D eigenvalue weighted by Gasteiger charge is -2.21. The molecule has 2 heterocycles. The second-order valence-corrected chi connectivity index (χ2v) is 6.53. The average Bonchev–Trinajstić information content (AvgIpc) is 2.37. The largest absolute Gasteiger partial charge is 0.477 e. The van der Waals surface area contributed by atoms with Crippen LogP contribution in [0.2, 0.25) is 0 Å². The Hall–Kier alpha value is -0.950. The highest BCUT2D eigenvalue weighted by Gasteiger charge is 2.15. The lowest BCUT2D eigenvalue weighted by molar-refractivity contribution is 0.0690. The third kappa shape index (κ3) is 3.78. The van der Waals surface area contributed by atoms with Crippen molar-refractivity contribution in [3.63, 3.8) is 0 Å². The molecule has 0 aromatic carbocycles. The number of anilines is 1. The van der Waals surface area contributed by atoms with E-state index in [0.717, 1.165) is 12.3 Å². The van der Waals surface area contributed by atoms with Crippen LogP contribution in [-0.4, -0.2) is 50.1 Å². The van der Waals surface area contributed by atoms with Gasteiger partial charge in [0.05, 0.1) is 0 Å². The minimum absolute atomic E-state index is 0.0377. The lowest BCUT2D eigenvalue weighted by atomic mass is 10.3. The first kappa shape index (κ1) is 13.5. The molecule has 1 aliphatic heterocycles. The van der Waals surface area contributed by atoms with E-state index in [-0.39, 0.29) is 5.69 Å². The van der Waals surface area contributed by atoms with Crippen LogP contribution in [-0.2, 0) is 0 Å². The zero-order valence-electron chi connectivity index (χ0n) is 10.0. The number of nitrogens with zero attached hydrogens (tertiary/aromatic N) is 2. The summed E-state index contributed by atoms with van der Waals surface area (Å²) in [5, 5.41) is 12.6. The molecule has 7 heteroatoms. The molecule has 1 atom stereocenters. The standard InChI is InChI=1S/C11H15N3O2S2/c1-7-4-9(10(15)16)14-11(13-7)12-5-8-6-17-2-3-18-8/h4,8H,2-3,5-6H2,1H3,(H,15,16)(H,12,13,14). The van der Waals surface area contributed by atoms with Crippen molar-refractivity contribution >= 4 is 35.4 Å². The Morgan fingerprint density at radius 3 is 3.06 bits per heavy atom. The van der Waals surface area contributed by atoms with E-state index in [0.29, 0.717) is 16.9 Å². The van der Waals surface area contributed by atoms with Crippen molar-refractivity contribution in [2.75, 3.05) is 29.1 Å². The molecule has 1 unspecified atom stereocenters. The summed E-state index contributed by atoms with van der Waals surface area (Å²) in [5.74, 6) is 2.89. The molecule has 0 bridgehead atoms. The quantitative estimate of drug-likeness (QED) is 0.872. The predicted molar refractivity (Wildman–Crippen MR) is 75.8 cm³/mol. The molecule has 0 radical (unpaired) electrons. The third-order valence-corrected chi connectivity index (χ3v) is 5.29. The first-order valence-electron chi connectivity index (χ1n) is 5.67. The molecule has 1 aliphatic rings. The first-order chi connectivity index (χ1) is 8.65. The van der Waals surface area contributed by atoms with Crippen LogP contribution >= 0.6 is 23.5 Å². The van der Waals surface area contributed by atoms with E-state index in [4.69, 9.17) is 5.11 Å². The van der Waals surface area contributed by atoms with Crippen LogP contribution in [0.4, 0.5) is 5.95 Å². The SMILES string of the molecule is Cc1cc(C(=O)O)nc(NCC2CSCCS2)n1. The second-order valence-electron chi connectivity index (χ2n) is 3.97. The van der Waals surface area contributed by atoms with Gasteiger partial charge in [-0.3, -0.25) is 0 Å². The number of aromatic nitrogens is 2. The summed E-state index contributed by atoms with van der Waals surface area (Å²) in [6.07, 6.45) is 0. The van der Waals surface area contributed by atoms with Crippen molar-refractivity contribution in [1.82, 2.24) is 9.97 Å². The maximum absolute atomic E-state index is 10.9. The fourth-order valence-corrected chi connectivity index (χ4v) is 4.23. The monoisotopic (exact) mass is 285 g/mol. The molecule has 0 aliphatic carbocycles. The molecule has 98 valence electrons. The van der Waals surface area contributed by atoms with Crippen molar-refractivity contribution < 1.29 is 9.90 Å². The maximum Gasteiger partial charge on any atom is 0.354 e. The van der Waals surface area contributed by atoms with Gasteiger partial charge < -0.3 is 10.4 Å². The number of hydrogen-bond acceptors (Lipinski definition) is 6. The van der Waals surface area contributed by atoms with Crippen LogP contribution in [0.25, 0.3) is 0 Å². The van der Waals surface area contributed by atoms with Gasteiger partial charge in [-0.2, -0.15) is 23.5 Å². The van der Waals surface area contributed by atoms with Crippen molar-refractivity contribution in [2.24, 2.45) is 0 Å². The smallest absolute Gasteiger partial charge is 0.354 e. The predicted octanol–water partition coefficient (Wildman–Crippen LogP) is 1.74. The molecule has 2 rings (SSSR count). The molecule has 2 N–H and O–H groups in total. The molecule has 0 amide bonds. The van der Waals surface area contributed by atoms with E-state index in [1.165, 1.54) is 17.6 Å². The zero-order chi connectivity index (χ0) is 13.0. The zero-order valence-corrected chi connectivity index (χ0v) is 11.7. The summed E-state index contributed by atoms with van der Waals surface area (Å²) >= 11 is 3.90. The van der Waals surface area contributed by atoms with Crippen molar-refractivity contribution in [3.05, 3.63) is 17.5 Å². The number of hydrogen-bond donors (Lipinski definition) is 2. The second kappa shape index (κ2) is 6.29. The minimum atomic E-state index is -1.02. The summed E-state index contributed by atoms with van der Waals surface area (Å²) in [5.41, 5.74) is 0.700. The Morgan fingerprint density at radius 2 is 2.39 bits per heavy atom. The first-order valence-corrected chi connectivity index (χ1v) is 7.87. The molecule has 1 aromatic heterocycles. The van der Waals surface area contributed by atoms with Gasteiger partial charge in [-0.05, 0) is 13.0 Å². The van der Waals surface area contributed by atoms with Gasteiger partial charge in [0.2, 0.25) is 5.95 Å². The highest BCUT2D eigenvalue weighted by molar-refractivity contribution is 8.06. The van der Waals surface area contributed by atoms with E-state index in [9.17, 15) is 4.79 Å². The number of rotatable bonds is 4. The summed E-state index contributed by atoms with van der Waals surface area (Å²) in [7, 11) is 0. The van der Waals surface area contributed by atoms with Crippen LogP contribution in [0.3, 0.4) is 0 Å². The number of nitrogens with one attached hydrogen (secondary N) is 1. The van der Waals surface area contributed by atoms with Crippen molar-refractivity contribution in [3.8, 4) is 0 Å². The van der Waals surface area contributed by atoms with E-state index in [1.807, 2.05) is 23.5 Å². The van der Waals surface area contributed by atoms with E-state index in [2.05, 4.69) is 15.3 Å². The Kier molecular flexibility index (Phi) is 4.71. The topological polar surface area (TPSA) is 75.1 Å². The van der Waals surface area contributed by atoms with E-state index >= 15 is 0 Å². The lowest BCUT2D eigenvalue weighted by Crippen LogP contribution is -2.24. The average molecular weight is 285 g/mol. The Bertz CT molecular complexity index is 436. The fourth-order valence-electron chi connectivity index (χ4n) is 1.62. The molecular formula is C11H15N3O2S2. The van der Waals surface area contributed by atoms with Gasteiger partial charge in [0.1, 0.15) is 0 Å². The van der Waals surface area contributed by atoms with Gasteiger partial charge in [0.15, 0.2) is 5.69 Å². The minimum Gasteiger partial charge on any atom is -0.477 e. The van der Waals surface area contributed by atoms with Gasteiger partial charge >= 0.3 is 5.97 Å². The number of aryl methyl sites for hydroxylation is 1. The summed E-state index contributed by atoms with van der Waals surface area (Å²) in [4.78, 5) is 19.1. The van der Waals surface area contributed by atoms with Crippen LogP contribution in [0.5, 0.6) is 0 Å². The van der Waals surface area contributed by atoms with Gasteiger partial charge in [0, 0.05) is 34.7 Å². The van der Waals surface area contributed by atoms with Crippen molar-refractivity contribution in [1.29, 1.82) is 0 Å². The number of carboxylic acids is 1. The van der Waals surface area contributed by atoms with Crippen LogP contribution in [0, 0.1) is 6.92 Å². The maximum atomic E-state index is 10.9. The third-order valence-electron chi connectivity index (χ3n) is 2.45. The van der Waals surface area contributed by atoms with Crippen LogP contribution in [0.1, 0.15) is 16.2 Å². The Balaban J connectivity index is 1.97. The van der Waals surface area contributed by atoms with Crippen molar-refractivity contribution in [2.45, 2.75) is 12.2 Å². The summed E-state index contributed by atoms with van der Waals surface area (Å²) < 4.78 is 0. The summed E-state index contributed by atoms with van der Waals surface area (Å²) in [6.45, 7) is 2.55. The molecule has 18 heavy (non-hydrogen) atoms. The molecule has 0 saturated carbocycles. The van der Waals surface area contributed by atoms with E-state index < -0.39 is 5.97 Å². The van der Waals surface area contributed by atoms with Crippen LogP contribution in [0.15, 0.2) is 6.07 Å². The molecule has 0 spiro atoms. The van der Waals surface area contributed by atoms with Gasteiger partial charge in [-0.25, -0.2) is 14.8 Å². The number of carbonyl (C=O) groups is 1.